The maximum absolute atomic E-state index is 5.82. The first-order chi connectivity index (χ1) is 9.26. The molecule has 0 heterocycles. The highest BCUT2D eigenvalue weighted by molar-refractivity contribution is 6.30. The van der Waals surface area contributed by atoms with Crippen LogP contribution in [0.2, 0.25) is 5.02 Å². The van der Waals surface area contributed by atoms with Crippen LogP contribution >= 0.6 is 11.6 Å². The van der Waals surface area contributed by atoms with E-state index in [9.17, 15) is 0 Å². The maximum atomic E-state index is 5.82. The largest absolute Gasteiger partial charge is 0.494 e. The molecule has 0 aromatic heterocycles. The maximum Gasteiger partial charge on any atom is 0.119 e. The van der Waals surface area contributed by atoms with Gasteiger partial charge in [0.05, 0.1) is 6.61 Å². The predicted octanol–water partition coefficient (Wildman–Crippen LogP) is 4.62. The van der Waals surface area contributed by atoms with E-state index in [4.69, 9.17) is 16.3 Å². The molecule has 3 heteroatoms. The first kappa shape index (κ1) is 16.3. The number of hydrogen-bond donors (Lipinski definition) is 0. The molecule has 108 valence electrons. The second-order valence-electron chi connectivity index (χ2n) is 4.74. The van der Waals surface area contributed by atoms with Crippen molar-refractivity contribution in [3.63, 3.8) is 0 Å². The van der Waals surface area contributed by atoms with Crippen molar-refractivity contribution in [2.75, 3.05) is 26.2 Å². The second-order valence-corrected chi connectivity index (χ2v) is 5.18. The summed E-state index contributed by atoms with van der Waals surface area (Å²) in [6, 6.07) is 7.56. The molecule has 0 radical (unpaired) electrons. The third kappa shape index (κ3) is 7.44. The van der Waals surface area contributed by atoms with Crippen LogP contribution in [0.15, 0.2) is 24.3 Å². The van der Waals surface area contributed by atoms with Gasteiger partial charge in [-0.25, -0.2) is 0 Å². The molecule has 0 saturated carbocycles. The minimum Gasteiger partial charge on any atom is -0.494 e. The Morgan fingerprint density at radius 2 is 1.58 bits per heavy atom. The van der Waals surface area contributed by atoms with E-state index in [1.165, 1.54) is 25.8 Å². The van der Waals surface area contributed by atoms with Crippen LogP contribution < -0.4 is 4.74 Å². The monoisotopic (exact) mass is 283 g/mol. The molecule has 0 aliphatic rings. The van der Waals surface area contributed by atoms with Crippen molar-refractivity contribution >= 4 is 11.6 Å². The standard InChI is InChI=1S/C16H26ClNO/c1-3-18(4-2)13-7-5-6-8-14-19-16-11-9-15(17)10-12-16/h9-12H,3-8,13-14H2,1-2H3. The first-order valence-corrected chi connectivity index (χ1v) is 7.74. The molecule has 0 unspecified atom stereocenters. The lowest BCUT2D eigenvalue weighted by molar-refractivity contribution is 0.284. The summed E-state index contributed by atoms with van der Waals surface area (Å²) < 4.78 is 5.66. The lowest BCUT2D eigenvalue weighted by Crippen LogP contribution is -2.23. The van der Waals surface area contributed by atoms with Gasteiger partial charge < -0.3 is 9.64 Å². The average molecular weight is 284 g/mol. The summed E-state index contributed by atoms with van der Waals surface area (Å²) in [7, 11) is 0. The molecule has 1 rings (SSSR count). The van der Waals surface area contributed by atoms with E-state index in [1.807, 2.05) is 24.3 Å². The third-order valence-electron chi connectivity index (χ3n) is 3.35. The van der Waals surface area contributed by atoms with Crippen molar-refractivity contribution in [3.05, 3.63) is 29.3 Å². The van der Waals surface area contributed by atoms with E-state index >= 15 is 0 Å². The van der Waals surface area contributed by atoms with Crippen LogP contribution in [-0.2, 0) is 0 Å². The minimum absolute atomic E-state index is 0.753. The Hall–Kier alpha value is -0.730. The van der Waals surface area contributed by atoms with Crippen LogP contribution in [0.3, 0.4) is 0 Å². The summed E-state index contributed by atoms with van der Waals surface area (Å²) >= 11 is 5.82. The molecule has 19 heavy (non-hydrogen) atoms. The number of rotatable bonds is 10. The number of halogens is 1. The molecular formula is C16H26ClNO. The predicted molar refractivity (Wildman–Crippen MR) is 83.2 cm³/mol. The summed E-state index contributed by atoms with van der Waals surface area (Å²) in [6.45, 7) is 8.80. The van der Waals surface area contributed by atoms with Gasteiger partial charge in [-0.2, -0.15) is 0 Å². The van der Waals surface area contributed by atoms with Crippen LogP contribution in [0.4, 0.5) is 0 Å². The van der Waals surface area contributed by atoms with Crippen LogP contribution in [0.25, 0.3) is 0 Å². The summed E-state index contributed by atoms with van der Waals surface area (Å²) in [5.74, 6) is 0.910. The molecule has 0 bridgehead atoms. The van der Waals surface area contributed by atoms with Crippen molar-refractivity contribution in [2.45, 2.75) is 39.5 Å². The highest BCUT2D eigenvalue weighted by Gasteiger charge is 1.98. The summed E-state index contributed by atoms with van der Waals surface area (Å²) in [5.41, 5.74) is 0. The van der Waals surface area contributed by atoms with E-state index in [-0.39, 0.29) is 0 Å². The van der Waals surface area contributed by atoms with Gasteiger partial charge in [-0.05, 0) is 56.7 Å². The van der Waals surface area contributed by atoms with Crippen LogP contribution in [0, 0.1) is 0 Å². The summed E-state index contributed by atoms with van der Waals surface area (Å²) in [4.78, 5) is 2.48. The topological polar surface area (TPSA) is 12.5 Å². The number of unbranched alkanes of at least 4 members (excludes halogenated alkanes) is 3. The van der Waals surface area contributed by atoms with E-state index in [2.05, 4.69) is 18.7 Å². The fourth-order valence-electron chi connectivity index (χ4n) is 2.05. The third-order valence-corrected chi connectivity index (χ3v) is 3.60. The van der Waals surface area contributed by atoms with E-state index in [1.54, 1.807) is 0 Å². The number of ether oxygens (including phenoxy) is 1. The van der Waals surface area contributed by atoms with Crippen molar-refractivity contribution in [1.82, 2.24) is 4.90 Å². The zero-order valence-electron chi connectivity index (χ0n) is 12.2. The van der Waals surface area contributed by atoms with Gasteiger partial charge in [-0.3, -0.25) is 0 Å². The summed E-state index contributed by atoms with van der Waals surface area (Å²) in [6.07, 6.45) is 4.96. The SMILES string of the molecule is CCN(CC)CCCCCCOc1ccc(Cl)cc1. The Morgan fingerprint density at radius 1 is 0.947 bits per heavy atom. The highest BCUT2D eigenvalue weighted by Crippen LogP contribution is 2.15. The van der Waals surface area contributed by atoms with E-state index in [0.717, 1.165) is 36.9 Å². The second kappa shape index (κ2) is 10.1. The number of hydrogen-bond acceptors (Lipinski definition) is 2. The molecule has 2 nitrogen and oxygen atoms in total. The number of benzene rings is 1. The van der Waals surface area contributed by atoms with Crippen molar-refractivity contribution in [3.8, 4) is 5.75 Å². The lowest BCUT2D eigenvalue weighted by atomic mass is 10.2. The molecule has 0 aliphatic heterocycles. The van der Waals surface area contributed by atoms with Gasteiger partial charge in [0.1, 0.15) is 5.75 Å². The molecule has 0 amide bonds. The first-order valence-electron chi connectivity index (χ1n) is 7.37. The van der Waals surface area contributed by atoms with E-state index in [0.29, 0.717) is 0 Å². The van der Waals surface area contributed by atoms with Crippen molar-refractivity contribution in [1.29, 1.82) is 0 Å². The normalized spacial score (nSPS) is 10.9. The molecule has 0 spiro atoms. The molecule has 0 atom stereocenters. The van der Waals surface area contributed by atoms with Gasteiger partial charge in [0.25, 0.3) is 0 Å². The fourth-order valence-corrected chi connectivity index (χ4v) is 2.18. The Kier molecular flexibility index (Phi) is 8.68. The minimum atomic E-state index is 0.753. The van der Waals surface area contributed by atoms with Crippen molar-refractivity contribution < 1.29 is 4.74 Å². The molecular weight excluding hydrogens is 258 g/mol. The molecule has 0 aliphatic carbocycles. The van der Waals surface area contributed by atoms with Crippen LogP contribution in [-0.4, -0.2) is 31.1 Å². The lowest BCUT2D eigenvalue weighted by Gasteiger charge is -2.17. The van der Waals surface area contributed by atoms with Gasteiger partial charge in [0, 0.05) is 5.02 Å². The Bertz CT molecular complexity index is 322. The summed E-state index contributed by atoms with van der Waals surface area (Å²) in [5, 5.41) is 0.753. The van der Waals surface area contributed by atoms with Crippen LogP contribution in [0.1, 0.15) is 39.5 Å². The van der Waals surface area contributed by atoms with Gasteiger partial charge in [-0.15, -0.1) is 0 Å². The van der Waals surface area contributed by atoms with Crippen LogP contribution in [0.5, 0.6) is 5.75 Å². The zero-order valence-corrected chi connectivity index (χ0v) is 13.0. The number of nitrogens with zero attached hydrogens (tertiary/aromatic N) is 1. The molecule has 0 N–H and O–H groups in total. The van der Waals surface area contributed by atoms with Gasteiger partial charge in [-0.1, -0.05) is 38.3 Å². The smallest absolute Gasteiger partial charge is 0.119 e. The molecule has 0 saturated heterocycles. The molecule has 0 fully saturated rings. The van der Waals surface area contributed by atoms with Crippen molar-refractivity contribution in [2.24, 2.45) is 0 Å². The molecule has 1 aromatic rings. The average Bonchev–Trinajstić information content (AvgIpc) is 2.44. The molecule has 1 aromatic carbocycles. The van der Waals surface area contributed by atoms with E-state index < -0.39 is 0 Å². The highest BCUT2D eigenvalue weighted by atomic mass is 35.5. The Labute approximate surface area is 122 Å². The fraction of sp³-hybridized carbons (Fsp3) is 0.625. The van der Waals surface area contributed by atoms with Gasteiger partial charge in [0.2, 0.25) is 0 Å². The quantitative estimate of drug-likeness (QED) is 0.581. The van der Waals surface area contributed by atoms with Gasteiger partial charge in [0.15, 0.2) is 0 Å². The van der Waals surface area contributed by atoms with Gasteiger partial charge >= 0.3 is 0 Å². The Balaban J connectivity index is 1.98. The Morgan fingerprint density at radius 3 is 2.21 bits per heavy atom. The zero-order chi connectivity index (χ0) is 13.9.